The number of hydrogen-bond donors (Lipinski definition) is 1. The molecule has 0 atom stereocenters. The molecule has 22 heavy (non-hydrogen) atoms. The summed E-state index contributed by atoms with van der Waals surface area (Å²) in [6.07, 6.45) is 1.02. The Morgan fingerprint density at radius 2 is 1.82 bits per heavy atom. The van der Waals surface area contributed by atoms with Crippen LogP contribution in [-0.4, -0.2) is 28.1 Å². The van der Waals surface area contributed by atoms with Crippen LogP contribution in [-0.2, 0) is 19.9 Å². The van der Waals surface area contributed by atoms with E-state index in [2.05, 4.69) is 25.6 Å². The normalized spacial score (nSPS) is 12.4. The van der Waals surface area contributed by atoms with E-state index >= 15 is 0 Å². The van der Waals surface area contributed by atoms with E-state index in [4.69, 9.17) is 0 Å². The van der Waals surface area contributed by atoms with Gasteiger partial charge in [0.05, 0.1) is 21.3 Å². The summed E-state index contributed by atoms with van der Waals surface area (Å²) in [6.45, 7) is 3.30. The van der Waals surface area contributed by atoms with Gasteiger partial charge in [0.2, 0.25) is 0 Å². The molecule has 0 bridgehead atoms. The Morgan fingerprint density at radius 1 is 1.18 bits per heavy atom. The number of thiazole rings is 1. The molecule has 0 amide bonds. The fourth-order valence-corrected chi connectivity index (χ4v) is 5.66. The monoisotopic (exact) mass is 424 g/mol. The predicted molar refractivity (Wildman–Crippen MR) is 89.6 cm³/mol. The standard InChI is InChI=1S/C12H13BrN2O4S3/c1-7-12(20-8(2)14-7)22(18,19)15-10-6-9(13)4-5-11(10)21(3,16)17/h4-6,15H,1-3H3. The van der Waals surface area contributed by atoms with Crippen molar-refractivity contribution in [1.82, 2.24) is 4.98 Å². The minimum absolute atomic E-state index is 0.00216. The zero-order chi connectivity index (χ0) is 16.7. The number of nitrogens with zero attached hydrogens (tertiary/aromatic N) is 1. The third-order valence-electron chi connectivity index (χ3n) is 2.69. The average molecular weight is 425 g/mol. The number of aryl methyl sites for hydroxylation is 2. The molecule has 6 nitrogen and oxygen atoms in total. The van der Waals surface area contributed by atoms with Gasteiger partial charge in [0.15, 0.2) is 14.0 Å². The van der Waals surface area contributed by atoms with Crippen LogP contribution in [0.2, 0.25) is 0 Å². The summed E-state index contributed by atoms with van der Waals surface area (Å²) < 4.78 is 51.5. The van der Waals surface area contributed by atoms with Crippen molar-refractivity contribution in [2.45, 2.75) is 23.0 Å². The van der Waals surface area contributed by atoms with Crippen molar-refractivity contribution in [1.29, 1.82) is 0 Å². The summed E-state index contributed by atoms with van der Waals surface area (Å²) in [5, 5.41) is 0.621. The number of aromatic nitrogens is 1. The van der Waals surface area contributed by atoms with Crippen LogP contribution in [0.1, 0.15) is 10.7 Å². The van der Waals surface area contributed by atoms with E-state index in [1.807, 2.05) is 0 Å². The summed E-state index contributed by atoms with van der Waals surface area (Å²) >= 11 is 4.24. The highest BCUT2D eigenvalue weighted by atomic mass is 79.9. The third-order valence-corrected chi connectivity index (χ3v) is 7.39. The van der Waals surface area contributed by atoms with Gasteiger partial charge in [-0.2, -0.15) is 0 Å². The summed E-state index contributed by atoms with van der Waals surface area (Å²) in [5.41, 5.74) is 0.383. The topological polar surface area (TPSA) is 93.2 Å². The Balaban J connectivity index is 2.55. The summed E-state index contributed by atoms with van der Waals surface area (Å²) in [4.78, 5) is 3.99. The Labute approximate surface area is 141 Å². The van der Waals surface area contributed by atoms with Gasteiger partial charge < -0.3 is 0 Å². The average Bonchev–Trinajstić information content (AvgIpc) is 2.67. The van der Waals surface area contributed by atoms with Gasteiger partial charge >= 0.3 is 0 Å². The summed E-state index contributed by atoms with van der Waals surface area (Å²) in [6, 6.07) is 4.30. The number of halogens is 1. The van der Waals surface area contributed by atoms with Gasteiger partial charge in [-0.15, -0.1) is 11.3 Å². The smallest absolute Gasteiger partial charge is 0.273 e. The molecule has 0 saturated heterocycles. The molecule has 1 aromatic carbocycles. The Bertz CT molecular complexity index is 933. The van der Waals surface area contributed by atoms with Crippen molar-refractivity contribution in [3.63, 3.8) is 0 Å². The SMILES string of the molecule is Cc1nc(C)c(S(=O)(=O)Nc2cc(Br)ccc2S(C)(=O)=O)s1. The van der Waals surface area contributed by atoms with E-state index in [-0.39, 0.29) is 14.8 Å². The van der Waals surface area contributed by atoms with Crippen LogP contribution in [0.25, 0.3) is 0 Å². The van der Waals surface area contributed by atoms with E-state index in [0.29, 0.717) is 15.2 Å². The van der Waals surface area contributed by atoms with E-state index in [0.717, 1.165) is 17.6 Å². The Kier molecular flexibility index (Phi) is 4.67. The minimum atomic E-state index is -3.90. The molecule has 0 radical (unpaired) electrons. The molecule has 1 N–H and O–H groups in total. The molecule has 0 aliphatic rings. The molecular weight excluding hydrogens is 412 g/mol. The molecule has 10 heteroatoms. The van der Waals surface area contributed by atoms with Gasteiger partial charge in [0.25, 0.3) is 10.0 Å². The molecule has 0 aliphatic carbocycles. The Morgan fingerprint density at radius 3 is 2.32 bits per heavy atom. The molecule has 0 saturated carbocycles. The van der Waals surface area contributed by atoms with E-state index in [1.54, 1.807) is 13.8 Å². The second-order valence-corrected chi connectivity index (χ2v) is 10.6. The second kappa shape index (κ2) is 5.91. The molecular formula is C12H13BrN2O4S3. The highest BCUT2D eigenvalue weighted by Crippen LogP contribution is 2.30. The molecule has 1 heterocycles. The third kappa shape index (κ3) is 3.67. The predicted octanol–water partition coefficient (Wildman–Crippen LogP) is 2.73. The van der Waals surface area contributed by atoms with Gasteiger partial charge in [0, 0.05) is 10.7 Å². The van der Waals surface area contributed by atoms with Crippen LogP contribution in [0.4, 0.5) is 5.69 Å². The van der Waals surface area contributed by atoms with Crippen LogP contribution in [0.15, 0.2) is 31.8 Å². The zero-order valence-electron chi connectivity index (χ0n) is 11.9. The molecule has 0 spiro atoms. The second-order valence-electron chi connectivity index (χ2n) is 4.62. The van der Waals surface area contributed by atoms with Gasteiger partial charge in [-0.25, -0.2) is 21.8 Å². The lowest BCUT2D eigenvalue weighted by atomic mass is 10.3. The largest absolute Gasteiger partial charge is 0.278 e. The van der Waals surface area contributed by atoms with Crippen molar-refractivity contribution in [3.05, 3.63) is 33.4 Å². The number of sulfonamides is 1. The Hall–Kier alpha value is -0.970. The first-order chi connectivity index (χ1) is 10.0. The molecule has 1 aromatic heterocycles. The number of hydrogen-bond acceptors (Lipinski definition) is 6. The zero-order valence-corrected chi connectivity index (χ0v) is 16.0. The quantitative estimate of drug-likeness (QED) is 0.813. The maximum absolute atomic E-state index is 12.5. The van der Waals surface area contributed by atoms with Crippen molar-refractivity contribution < 1.29 is 16.8 Å². The maximum Gasteiger partial charge on any atom is 0.273 e. The van der Waals surface area contributed by atoms with Crippen LogP contribution < -0.4 is 4.72 Å². The van der Waals surface area contributed by atoms with Gasteiger partial charge in [0.1, 0.15) is 0 Å². The lowest BCUT2D eigenvalue weighted by Crippen LogP contribution is -2.15. The summed E-state index contributed by atoms with van der Waals surface area (Å²) in [5.74, 6) is 0. The highest BCUT2D eigenvalue weighted by molar-refractivity contribution is 9.10. The van der Waals surface area contributed by atoms with Crippen molar-refractivity contribution >= 4 is 52.8 Å². The molecule has 0 fully saturated rings. The number of nitrogens with one attached hydrogen (secondary N) is 1. The first-order valence-corrected chi connectivity index (χ1v) is 11.0. The van der Waals surface area contributed by atoms with Crippen LogP contribution >= 0.6 is 27.3 Å². The fourth-order valence-electron chi connectivity index (χ4n) is 1.86. The number of rotatable bonds is 4. The van der Waals surface area contributed by atoms with E-state index in [1.165, 1.54) is 18.2 Å². The first kappa shape index (κ1) is 17.4. The number of sulfone groups is 1. The lowest BCUT2D eigenvalue weighted by Gasteiger charge is -2.11. The first-order valence-electron chi connectivity index (χ1n) is 5.97. The molecule has 0 unspecified atom stereocenters. The summed E-state index contributed by atoms with van der Waals surface area (Å²) in [7, 11) is -7.47. The number of benzene rings is 1. The fraction of sp³-hybridized carbons (Fsp3) is 0.250. The molecule has 2 aromatic rings. The van der Waals surface area contributed by atoms with E-state index < -0.39 is 19.9 Å². The van der Waals surface area contributed by atoms with Gasteiger partial charge in [-0.1, -0.05) is 15.9 Å². The molecule has 120 valence electrons. The van der Waals surface area contributed by atoms with Crippen LogP contribution in [0.5, 0.6) is 0 Å². The molecule has 2 rings (SSSR count). The van der Waals surface area contributed by atoms with Crippen LogP contribution in [0.3, 0.4) is 0 Å². The van der Waals surface area contributed by atoms with Crippen LogP contribution in [0, 0.1) is 13.8 Å². The maximum atomic E-state index is 12.5. The van der Waals surface area contributed by atoms with Gasteiger partial charge in [-0.3, -0.25) is 4.72 Å². The lowest BCUT2D eigenvalue weighted by molar-refractivity contribution is 0.602. The van der Waals surface area contributed by atoms with Crippen molar-refractivity contribution in [2.24, 2.45) is 0 Å². The van der Waals surface area contributed by atoms with Gasteiger partial charge in [-0.05, 0) is 32.0 Å². The van der Waals surface area contributed by atoms with Crippen molar-refractivity contribution in [3.8, 4) is 0 Å². The molecule has 0 aliphatic heterocycles. The van der Waals surface area contributed by atoms with Crippen molar-refractivity contribution in [2.75, 3.05) is 11.0 Å². The minimum Gasteiger partial charge on any atom is -0.278 e. The van der Waals surface area contributed by atoms with E-state index in [9.17, 15) is 16.8 Å². The number of anilines is 1. The highest BCUT2D eigenvalue weighted by Gasteiger charge is 2.24.